The van der Waals surface area contributed by atoms with E-state index >= 15 is 0 Å². The number of amides is 2. The van der Waals surface area contributed by atoms with Crippen LogP contribution in [-0.2, 0) is 11.2 Å². The van der Waals surface area contributed by atoms with Gasteiger partial charge in [0.2, 0.25) is 5.91 Å². The minimum atomic E-state index is -0.531. The molecule has 7 nitrogen and oxygen atoms in total. The normalized spacial score (nSPS) is 10.2. The first-order chi connectivity index (χ1) is 13.9. The highest BCUT2D eigenvalue weighted by atomic mass is 35.5. The Bertz CT molecular complexity index is 1050. The fraction of sp³-hybridized carbons (Fsp3) is 0.0476. The number of hydrogen-bond donors (Lipinski definition) is 2. The molecule has 0 atom stereocenters. The van der Waals surface area contributed by atoms with Crippen molar-refractivity contribution >= 4 is 40.5 Å². The monoisotopic (exact) mass is 409 g/mol. The number of non-ortho nitro benzene ring substituents is 1. The lowest BCUT2D eigenvalue weighted by Crippen LogP contribution is -2.15. The number of hydrogen-bond acceptors (Lipinski definition) is 4. The molecule has 0 aliphatic carbocycles. The van der Waals surface area contributed by atoms with Crippen LogP contribution < -0.4 is 10.6 Å². The Morgan fingerprint density at radius 3 is 2.24 bits per heavy atom. The molecule has 0 saturated carbocycles. The van der Waals surface area contributed by atoms with Gasteiger partial charge in [0.05, 0.1) is 11.3 Å². The van der Waals surface area contributed by atoms with E-state index < -0.39 is 10.8 Å². The Morgan fingerprint density at radius 1 is 0.897 bits per heavy atom. The second kappa shape index (κ2) is 8.99. The van der Waals surface area contributed by atoms with Crippen LogP contribution in [0.4, 0.5) is 17.1 Å². The third-order valence-corrected chi connectivity index (χ3v) is 4.28. The van der Waals surface area contributed by atoms with E-state index in [2.05, 4.69) is 10.6 Å². The number of nitrogens with zero attached hydrogens (tertiary/aromatic N) is 1. The zero-order chi connectivity index (χ0) is 20.8. The van der Waals surface area contributed by atoms with Crippen molar-refractivity contribution in [3.05, 3.63) is 99.1 Å². The van der Waals surface area contributed by atoms with Crippen LogP contribution in [0.15, 0.2) is 72.8 Å². The summed E-state index contributed by atoms with van der Waals surface area (Å²) in [6.07, 6.45) is 0.201. The summed E-state index contributed by atoms with van der Waals surface area (Å²) in [5, 5.41) is 16.8. The SMILES string of the molecule is O=C(Cc1ccc(Cl)cc1)Nc1ccc(C(=O)Nc2cccc([N+](=O)[O-])c2)cc1. The molecular weight excluding hydrogens is 394 g/mol. The number of nitrogens with one attached hydrogen (secondary N) is 2. The van der Waals surface area contributed by atoms with Crippen LogP contribution in [0.25, 0.3) is 0 Å². The fourth-order valence-corrected chi connectivity index (χ4v) is 2.72. The number of nitro groups is 1. The molecule has 0 aliphatic heterocycles. The molecule has 0 fully saturated rings. The van der Waals surface area contributed by atoms with Crippen LogP contribution in [0.1, 0.15) is 15.9 Å². The molecule has 2 N–H and O–H groups in total. The lowest BCUT2D eigenvalue weighted by atomic mass is 10.1. The quantitative estimate of drug-likeness (QED) is 0.455. The molecular formula is C21H16ClN3O4. The number of rotatable bonds is 6. The molecule has 0 saturated heterocycles. The Balaban J connectivity index is 1.59. The number of anilines is 2. The van der Waals surface area contributed by atoms with Crippen molar-refractivity contribution in [3.8, 4) is 0 Å². The summed E-state index contributed by atoms with van der Waals surface area (Å²) >= 11 is 5.83. The van der Waals surface area contributed by atoms with Crippen molar-refractivity contribution in [1.29, 1.82) is 0 Å². The molecule has 0 heterocycles. The van der Waals surface area contributed by atoms with Crippen LogP contribution in [0.3, 0.4) is 0 Å². The van der Waals surface area contributed by atoms with Crippen LogP contribution in [0, 0.1) is 10.1 Å². The van der Waals surface area contributed by atoms with Crippen molar-refractivity contribution in [2.45, 2.75) is 6.42 Å². The third-order valence-electron chi connectivity index (χ3n) is 4.02. The van der Waals surface area contributed by atoms with E-state index in [1.54, 1.807) is 54.6 Å². The van der Waals surface area contributed by atoms with Gasteiger partial charge in [0.1, 0.15) is 0 Å². The smallest absolute Gasteiger partial charge is 0.271 e. The summed E-state index contributed by atoms with van der Waals surface area (Å²) < 4.78 is 0. The molecule has 3 aromatic rings. The lowest BCUT2D eigenvalue weighted by molar-refractivity contribution is -0.384. The third kappa shape index (κ3) is 5.63. The van der Waals surface area contributed by atoms with Crippen molar-refractivity contribution in [3.63, 3.8) is 0 Å². The van der Waals surface area contributed by atoms with Gasteiger partial charge in [0.15, 0.2) is 0 Å². The molecule has 29 heavy (non-hydrogen) atoms. The predicted molar refractivity (Wildman–Crippen MR) is 111 cm³/mol. The van der Waals surface area contributed by atoms with Gasteiger partial charge in [0, 0.05) is 34.1 Å². The van der Waals surface area contributed by atoms with Crippen LogP contribution in [0.2, 0.25) is 5.02 Å². The summed E-state index contributed by atoms with van der Waals surface area (Å²) in [4.78, 5) is 34.7. The first kappa shape index (κ1) is 20.0. The maximum absolute atomic E-state index is 12.3. The van der Waals surface area contributed by atoms with Crippen molar-refractivity contribution in [2.75, 3.05) is 10.6 Å². The standard InChI is InChI=1S/C21H16ClN3O4/c22-16-8-4-14(5-9-16)12-20(26)23-17-10-6-15(7-11-17)21(27)24-18-2-1-3-19(13-18)25(28)29/h1-11,13H,12H2,(H,23,26)(H,24,27). The number of nitro benzene ring substituents is 1. The van der Waals surface area contributed by atoms with Crippen molar-refractivity contribution < 1.29 is 14.5 Å². The second-order valence-corrected chi connectivity index (χ2v) is 6.63. The molecule has 0 aromatic heterocycles. The molecule has 3 rings (SSSR count). The summed E-state index contributed by atoms with van der Waals surface area (Å²) in [6.45, 7) is 0. The number of carbonyl (C=O) groups is 2. The minimum absolute atomic E-state index is 0.110. The summed E-state index contributed by atoms with van der Waals surface area (Å²) in [6, 6.07) is 19.0. The maximum atomic E-state index is 12.3. The highest BCUT2D eigenvalue weighted by Crippen LogP contribution is 2.18. The van der Waals surface area contributed by atoms with E-state index in [1.165, 1.54) is 18.2 Å². The molecule has 0 aliphatic rings. The number of benzene rings is 3. The van der Waals surface area contributed by atoms with Crippen LogP contribution in [-0.4, -0.2) is 16.7 Å². The number of halogens is 1. The van der Waals surface area contributed by atoms with Gasteiger partial charge in [-0.3, -0.25) is 19.7 Å². The van der Waals surface area contributed by atoms with Gasteiger partial charge in [-0.1, -0.05) is 29.8 Å². The Hall–Kier alpha value is -3.71. The molecule has 8 heteroatoms. The fourth-order valence-electron chi connectivity index (χ4n) is 2.60. The van der Waals surface area contributed by atoms with E-state index in [9.17, 15) is 19.7 Å². The lowest BCUT2D eigenvalue weighted by Gasteiger charge is -2.08. The molecule has 0 bridgehead atoms. The van der Waals surface area contributed by atoms with Gasteiger partial charge < -0.3 is 10.6 Å². The molecule has 0 radical (unpaired) electrons. The van der Waals surface area contributed by atoms with Gasteiger partial charge in [-0.15, -0.1) is 0 Å². The summed E-state index contributed by atoms with van der Waals surface area (Å²) in [7, 11) is 0. The molecule has 3 aromatic carbocycles. The topological polar surface area (TPSA) is 101 Å². The highest BCUT2D eigenvalue weighted by Gasteiger charge is 2.10. The van der Waals surface area contributed by atoms with Crippen LogP contribution >= 0.6 is 11.6 Å². The first-order valence-corrected chi connectivity index (χ1v) is 8.99. The van der Waals surface area contributed by atoms with Gasteiger partial charge in [-0.25, -0.2) is 0 Å². The Labute approximate surface area is 171 Å². The molecule has 146 valence electrons. The minimum Gasteiger partial charge on any atom is -0.326 e. The Kier molecular flexibility index (Phi) is 6.21. The molecule has 2 amide bonds. The van der Waals surface area contributed by atoms with Gasteiger partial charge in [-0.05, 0) is 48.0 Å². The van der Waals surface area contributed by atoms with Crippen molar-refractivity contribution in [1.82, 2.24) is 0 Å². The largest absolute Gasteiger partial charge is 0.326 e. The highest BCUT2D eigenvalue weighted by molar-refractivity contribution is 6.30. The van der Waals surface area contributed by atoms with Gasteiger partial charge in [-0.2, -0.15) is 0 Å². The average molecular weight is 410 g/mol. The Morgan fingerprint density at radius 2 is 1.59 bits per heavy atom. The first-order valence-electron chi connectivity index (χ1n) is 8.61. The zero-order valence-corrected chi connectivity index (χ0v) is 15.8. The van der Waals surface area contributed by atoms with E-state index in [-0.39, 0.29) is 18.0 Å². The number of carbonyl (C=O) groups excluding carboxylic acids is 2. The van der Waals surface area contributed by atoms with Crippen LogP contribution in [0.5, 0.6) is 0 Å². The van der Waals surface area contributed by atoms with Gasteiger partial charge >= 0.3 is 0 Å². The van der Waals surface area contributed by atoms with E-state index in [0.717, 1.165) is 5.56 Å². The summed E-state index contributed by atoms with van der Waals surface area (Å²) in [5.74, 6) is -0.606. The van der Waals surface area contributed by atoms with Gasteiger partial charge in [0.25, 0.3) is 11.6 Å². The average Bonchev–Trinajstić information content (AvgIpc) is 2.70. The molecule has 0 unspecified atom stereocenters. The zero-order valence-electron chi connectivity index (χ0n) is 15.1. The van der Waals surface area contributed by atoms with E-state index in [4.69, 9.17) is 11.6 Å². The van der Waals surface area contributed by atoms with E-state index in [0.29, 0.717) is 22.0 Å². The van der Waals surface area contributed by atoms with E-state index in [1.807, 2.05) is 0 Å². The maximum Gasteiger partial charge on any atom is 0.271 e. The van der Waals surface area contributed by atoms with Crippen molar-refractivity contribution in [2.24, 2.45) is 0 Å². The predicted octanol–water partition coefficient (Wildman–Crippen LogP) is 4.68. The summed E-state index contributed by atoms with van der Waals surface area (Å²) in [5.41, 5.74) is 1.95. The second-order valence-electron chi connectivity index (χ2n) is 6.19. The molecule has 0 spiro atoms.